The quantitative estimate of drug-likeness (QED) is 0.772. The number of rotatable bonds is 2. The molecule has 0 aliphatic heterocycles. The minimum absolute atomic E-state index is 0.488. The lowest BCUT2D eigenvalue weighted by atomic mass is 10.2. The van der Waals surface area contributed by atoms with Crippen LogP contribution in [0.15, 0.2) is 48.0 Å². The van der Waals surface area contributed by atoms with Crippen LogP contribution in [0.2, 0.25) is 5.02 Å². The summed E-state index contributed by atoms with van der Waals surface area (Å²) in [5.41, 5.74) is 8.49. The molecule has 0 unspecified atom stereocenters. The predicted octanol–water partition coefficient (Wildman–Crippen LogP) is 4.11. The first kappa shape index (κ1) is 12.1. The van der Waals surface area contributed by atoms with Gasteiger partial charge in [0.2, 0.25) is 0 Å². The third-order valence-electron chi connectivity index (χ3n) is 2.72. The van der Waals surface area contributed by atoms with E-state index >= 15 is 0 Å². The summed E-state index contributed by atoms with van der Waals surface area (Å²) in [5, 5.41) is 3.52. The van der Waals surface area contributed by atoms with Gasteiger partial charge in [-0.1, -0.05) is 29.8 Å². The molecule has 0 bridgehead atoms. The molecule has 0 amide bonds. The fourth-order valence-electron chi connectivity index (χ4n) is 1.79. The Balaban J connectivity index is 2.06. The second-order valence-electron chi connectivity index (χ2n) is 3.95. The minimum atomic E-state index is 0.488. The number of anilines is 1. The molecular formula is C14H10ClN3S. The van der Waals surface area contributed by atoms with Crippen molar-refractivity contribution in [3.8, 4) is 21.8 Å². The molecule has 94 valence electrons. The highest BCUT2D eigenvalue weighted by Gasteiger charge is 2.11. The van der Waals surface area contributed by atoms with Crippen LogP contribution in [0.3, 0.4) is 0 Å². The van der Waals surface area contributed by atoms with Crippen LogP contribution in [0.5, 0.6) is 0 Å². The lowest BCUT2D eigenvalue weighted by Crippen LogP contribution is -1.92. The van der Waals surface area contributed by atoms with Crippen LogP contribution in [-0.2, 0) is 0 Å². The van der Waals surface area contributed by atoms with Gasteiger partial charge in [0, 0.05) is 22.2 Å². The Hall–Kier alpha value is -1.91. The van der Waals surface area contributed by atoms with Crippen LogP contribution in [-0.4, -0.2) is 9.97 Å². The third-order valence-corrected chi connectivity index (χ3v) is 3.93. The third kappa shape index (κ3) is 2.32. The highest BCUT2D eigenvalue weighted by Crippen LogP contribution is 2.33. The molecule has 19 heavy (non-hydrogen) atoms. The normalized spacial score (nSPS) is 10.6. The first-order valence-corrected chi connectivity index (χ1v) is 6.93. The van der Waals surface area contributed by atoms with Gasteiger partial charge in [-0.25, -0.2) is 9.97 Å². The Morgan fingerprint density at radius 2 is 1.84 bits per heavy atom. The van der Waals surface area contributed by atoms with Gasteiger partial charge in [0.1, 0.15) is 10.8 Å². The highest BCUT2D eigenvalue weighted by atomic mass is 35.5. The van der Waals surface area contributed by atoms with Crippen molar-refractivity contribution in [3.63, 3.8) is 0 Å². The van der Waals surface area contributed by atoms with Crippen molar-refractivity contribution < 1.29 is 0 Å². The molecule has 0 saturated carbocycles. The van der Waals surface area contributed by atoms with Crippen molar-refractivity contribution in [2.45, 2.75) is 0 Å². The van der Waals surface area contributed by atoms with E-state index in [0.717, 1.165) is 21.8 Å². The van der Waals surface area contributed by atoms with Gasteiger partial charge >= 0.3 is 0 Å². The summed E-state index contributed by atoms with van der Waals surface area (Å²) >= 11 is 7.70. The van der Waals surface area contributed by atoms with Crippen LogP contribution in [0.4, 0.5) is 5.82 Å². The molecule has 0 aliphatic carbocycles. The lowest BCUT2D eigenvalue weighted by Gasteiger charge is -2.00. The molecule has 2 N–H and O–H groups in total. The Morgan fingerprint density at radius 1 is 1.05 bits per heavy atom. The molecule has 2 heterocycles. The molecule has 0 atom stereocenters. The van der Waals surface area contributed by atoms with Crippen molar-refractivity contribution in [2.24, 2.45) is 0 Å². The number of nitrogens with two attached hydrogens (primary N) is 1. The van der Waals surface area contributed by atoms with Gasteiger partial charge in [-0.15, -0.1) is 11.3 Å². The second-order valence-corrected chi connectivity index (χ2v) is 5.22. The van der Waals surface area contributed by atoms with Crippen molar-refractivity contribution in [2.75, 3.05) is 5.73 Å². The topological polar surface area (TPSA) is 51.8 Å². The molecule has 3 aromatic rings. The molecule has 0 spiro atoms. The average molecular weight is 288 g/mol. The standard InChI is InChI=1S/C14H10ClN3S/c15-11-6-2-1-4-9(11)12-8-19-14(18-12)10-5-3-7-17-13(10)16/h1-8H,(H2,16,17). The van der Waals surface area contributed by atoms with Gasteiger partial charge in [-0.2, -0.15) is 0 Å². The summed E-state index contributed by atoms with van der Waals surface area (Å²) in [7, 11) is 0. The predicted molar refractivity (Wildman–Crippen MR) is 80.2 cm³/mol. The maximum Gasteiger partial charge on any atom is 0.133 e. The summed E-state index contributed by atoms with van der Waals surface area (Å²) in [6.07, 6.45) is 1.67. The lowest BCUT2D eigenvalue weighted by molar-refractivity contribution is 1.32. The first-order valence-electron chi connectivity index (χ1n) is 5.67. The number of nitrogen functional groups attached to an aromatic ring is 1. The van der Waals surface area contributed by atoms with E-state index < -0.39 is 0 Å². The summed E-state index contributed by atoms with van der Waals surface area (Å²) in [4.78, 5) is 8.66. The molecule has 2 aromatic heterocycles. The molecule has 3 nitrogen and oxygen atoms in total. The summed E-state index contributed by atoms with van der Waals surface area (Å²) < 4.78 is 0. The van der Waals surface area contributed by atoms with Crippen molar-refractivity contribution in [1.82, 2.24) is 9.97 Å². The molecule has 5 heteroatoms. The molecule has 0 radical (unpaired) electrons. The van der Waals surface area contributed by atoms with E-state index in [1.165, 1.54) is 11.3 Å². The number of pyridine rings is 1. The van der Waals surface area contributed by atoms with Crippen molar-refractivity contribution in [3.05, 3.63) is 53.0 Å². The van der Waals surface area contributed by atoms with E-state index in [2.05, 4.69) is 9.97 Å². The van der Waals surface area contributed by atoms with E-state index in [4.69, 9.17) is 17.3 Å². The SMILES string of the molecule is Nc1ncccc1-c1nc(-c2ccccc2Cl)cs1. The number of benzene rings is 1. The molecule has 3 rings (SSSR count). The highest BCUT2D eigenvalue weighted by molar-refractivity contribution is 7.13. The minimum Gasteiger partial charge on any atom is -0.383 e. The van der Waals surface area contributed by atoms with E-state index in [-0.39, 0.29) is 0 Å². The van der Waals surface area contributed by atoms with E-state index in [0.29, 0.717) is 10.8 Å². The van der Waals surface area contributed by atoms with Gasteiger partial charge in [0.25, 0.3) is 0 Å². The number of halogens is 1. The maximum absolute atomic E-state index is 6.17. The zero-order valence-electron chi connectivity index (χ0n) is 9.88. The van der Waals surface area contributed by atoms with Crippen LogP contribution in [0.25, 0.3) is 21.8 Å². The van der Waals surface area contributed by atoms with Gasteiger partial charge in [0.05, 0.1) is 11.3 Å². The first-order chi connectivity index (χ1) is 9.25. The Morgan fingerprint density at radius 3 is 2.63 bits per heavy atom. The molecule has 0 aliphatic rings. The fraction of sp³-hybridized carbons (Fsp3) is 0. The number of hydrogen-bond acceptors (Lipinski definition) is 4. The zero-order valence-corrected chi connectivity index (χ0v) is 11.4. The fourth-order valence-corrected chi connectivity index (χ4v) is 2.87. The van der Waals surface area contributed by atoms with Crippen molar-refractivity contribution in [1.29, 1.82) is 0 Å². The Bertz CT molecular complexity index is 664. The van der Waals surface area contributed by atoms with Gasteiger partial charge in [-0.05, 0) is 18.2 Å². The monoisotopic (exact) mass is 287 g/mol. The molecule has 0 fully saturated rings. The van der Waals surface area contributed by atoms with Crippen LogP contribution in [0, 0.1) is 0 Å². The molecule has 1 aromatic carbocycles. The van der Waals surface area contributed by atoms with Gasteiger partial charge < -0.3 is 5.73 Å². The van der Waals surface area contributed by atoms with Crippen LogP contribution in [0.1, 0.15) is 0 Å². The number of nitrogens with zero attached hydrogens (tertiary/aromatic N) is 2. The molecular weight excluding hydrogens is 278 g/mol. The van der Waals surface area contributed by atoms with Crippen LogP contribution >= 0.6 is 22.9 Å². The van der Waals surface area contributed by atoms with Crippen LogP contribution < -0.4 is 5.73 Å². The summed E-state index contributed by atoms with van der Waals surface area (Å²) in [6, 6.07) is 11.4. The van der Waals surface area contributed by atoms with Gasteiger partial charge in [-0.3, -0.25) is 0 Å². The largest absolute Gasteiger partial charge is 0.383 e. The Labute approximate surface area is 119 Å². The number of hydrogen-bond donors (Lipinski definition) is 1. The van der Waals surface area contributed by atoms with E-state index in [9.17, 15) is 0 Å². The van der Waals surface area contributed by atoms with Gasteiger partial charge in [0.15, 0.2) is 0 Å². The Kier molecular flexibility index (Phi) is 3.19. The van der Waals surface area contributed by atoms with E-state index in [1.54, 1.807) is 6.20 Å². The smallest absolute Gasteiger partial charge is 0.133 e. The maximum atomic E-state index is 6.17. The number of aromatic nitrogens is 2. The van der Waals surface area contributed by atoms with E-state index in [1.807, 2.05) is 41.8 Å². The zero-order chi connectivity index (χ0) is 13.2. The van der Waals surface area contributed by atoms with Crippen molar-refractivity contribution >= 4 is 28.8 Å². The summed E-state index contributed by atoms with van der Waals surface area (Å²) in [6.45, 7) is 0. The molecule has 0 saturated heterocycles. The second kappa shape index (κ2) is 4.99. The average Bonchev–Trinajstić information content (AvgIpc) is 2.89. The summed E-state index contributed by atoms with van der Waals surface area (Å²) in [5.74, 6) is 0.488. The number of thiazole rings is 1.